The Morgan fingerprint density at radius 1 is 1.37 bits per heavy atom. The summed E-state index contributed by atoms with van der Waals surface area (Å²) < 4.78 is 65.5. The van der Waals surface area contributed by atoms with E-state index in [1.165, 1.54) is 17.9 Å². The lowest BCUT2D eigenvalue weighted by atomic mass is 10.2. The number of aliphatic hydroxyl groups excluding tert-OH is 1. The van der Waals surface area contributed by atoms with Crippen molar-refractivity contribution in [2.75, 3.05) is 13.7 Å². The van der Waals surface area contributed by atoms with Gasteiger partial charge in [0.2, 0.25) is 10.0 Å². The average Bonchev–Trinajstić information content (AvgIpc) is 2.35. The quantitative estimate of drug-likeness (QED) is 0.851. The van der Waals surface area contributed by atoms with Crippen LogP contribution in [0.1, 0.15) is 5.56 Å². The Bertz CT molecular complexity index is 542. The van der Waals surface area contributed by atoms with Crippen molar-refractivity contribution < 1.29 is 31.4 Å². The highest BCUT2D eigenvalue weighted by atomic mass is 32.2. The Morgan fingerprint density at radius 2 is 2.00 bits per heavy atom. The van der Waals surface area contributed by atoms with E-state index in [1.54, 1.807) is 0 Å². The van der Waals surface area contributed by atoms with Crippen molar-refractivity contribution in [3.05, 3.63) is 23.8 Å². The molecule has 19 heavy (non-hydrogen) atoms. The third kappa shape index (κ3) is 4.37. The minimum absolute atomic E-state index is 0.164. The summed E-state index contributed by atoms with van der Waals surface area (Å²) in [4.78, 5) is -0.374. The van der Waals surface area contributed by atoms with Gasteiger partial charge < -0.3 is 9.84 Å². The third-order valence-electron chi connectivity index (χ3n) is 2.20. The lowest BCUT2D eigenvalue weighted by Crippen LogP contribution is -2.33. The van der Waals surface area contributed by atoms with E-state index < -0.39 is 29.4 Å². The highest BCUT2D eigenvalue weighted by molar-refractivity contribution is 7.89. The molecule has 0 saturated heterocycles. The van der Waals surface area contributed by atoms with Gasteiger partial charge >= 0.3 is 6.18 Å². The van der Waals surface area contributed by atoms with Crippen LogP contribution in [0.2, 0.25) is 0 Å². The van der Waals surface area contributed by atoms with E-state index in [0.29, 0.717) is 0 Å². The molecule has 0 heterocycles. The number of nitrogens with one attached hydrogen (secondary N) is 1. The number of hydrogen-bond acceptors (Lipinski definition) is 4. The van der Waals surface area contributed by atoms with Crippen molar-refractivity contribution in [2.24, 2.45) is 0 Å². The predicted molar refractivity (Wildman–Crippen MR) is 60.2 cm³/mol. The molecule has 0 fully saturated rings. The minimum Gasteiger partial charge on any atom is -0.496 e. The van der Waals surface area contributed by atoms with Crippen molar-refractivity contribution in [1.82, 2.24) is 4.72 Å². The SMILES string of the molecule is COc1ccc(S(=O)(=O)NCC(F)(F)F)cc1CO. The molecule has 0 unspecified atom stereocenters. The summed E-state index contributed by atoms with van der Waals surface area (Å²) in [7, 11) is -2.96. The predicted octanol–water partition coefficient (Wildman–Crippen LogP) is 1.03. The van der Waals surface area contributed by atoms with E-state index in [2.05, 4.69) is 0 Å². The summed E-state index contributed by atoms with van der Waals surface area (Å²) in [6.07, 6.45) is -4.64. The number of aliphatic hydroxyl groups is 1. The fourth-order valence-electron chi connectivity index (χ4n) is 1.31. The van der Waals surface area contributed by atoms with E-state index in [0.717, 1.165) is 12.1 Å². The van der Waals surface area contributed by atoms with E-state index in [-0.39, 0.29) is 16.2 Å². The van der Waals surface area contributed by atoms with E-state index >= 15 is 0 Å². The summed E-state index contributed by atoms with van der Waals surface area (Å²) in [5, 5.41) is 9.02. The molecule has 0 amide bonds. The van der Waals surface area contributed by atoms with Gasteiger partial charge in [-0.15, -0.1) is 0 Å². The van der Waals surface area contributed by atoms with Gasteiger partial charge in [0.25, 0.3) is 0 Å². The molecule has 1 aromatic rings. The Labute approximate surface area is 108 Å². The van der Waals surface area contributed by atoms with Crippen LogP contribution in [0.3, 0.4) is 0 Å². The number of hydrogen-bond donors (Lipinski definition) is 2. The van der Waals surface area contributed by atoms with Crippen LogP contribution in [-0.4, -0.2) is 33.4 Å². The zero-order chi connectivity index (χ0) is 14.7. The maximum atomic E-state index is 12.0. The summed E-state index contributed by atoms with van der Waals surface area (Å²) in [5.41, 5.74) is 0.164. The molecule has 108 valence electrons. The van der Waals surface area contributed by atoms with Gasteiger partial charge in [0.05, 0.1) is 18.6 Å². The fourth-order valence-corrected chi connectivity index (χ4v) is 2.37. The monoisotopic (exact) mass is 299 g/mol. The van der Waals surface area contributed by atoms with Gasteiger partial charge in [-0.1, -0.05) is 0 Å². The molecule has 0 aliphatic rings. The summed E-state index contributed by atoms with van der Waals surface area (Å²) in [6, 6.07) is 3.40. The van der Waals surface area contributed by atoms with Crippen LogP contribution in [0.5, 0.6) is 5.75 Å². The lowest BCUT2D eigenvalue weighted by molar-refractivity contribution is -0.121. The minimum atomic E-state index is -4.64. The van der Waals surface area contributed by atoms with Crippen molar-refractivity contribution in [2.45, 2.75) is 17.7 Å². The molecule has 9 heteroatoms. The Kier molecular flexibility index (Phi) is 4.77. The number of alkyl halides is 3. The molecular weight excluding hydrogens is 287 g/mol. The van der Waals surface area contributed by atoms with Crippen LogP contribution in [0.25, 0.3) is 0 Å². The first-order valence-corrected chi connectivity index (χ1v) is 6.52. The smallest absolute Gasteiger partial charge is 0.402 e. The van der Waals surface area contributed by atoms with Gasteiger partial charge in [-0.05, 0) is 18.2 Å². The summed E-state index contributed by atoms with van der Waals surface area (Å²) in [6.45, 7) is -2.15. The van der Waals surface area contributed by atoms with Crippen molar-refractivity contribution in [3.63, 3.8) is 0 Å². The number of sulfonamides is 1. The van der Waals surface area contributed by atoms with Gasteiger partial charge in [-0.3, -0.25) is 0 Å². The van der Waals surface area contributed by atoms with Crippen LogP contribution in [0.15, 0.2) is 23.1 Å². The van der Waals surface area contributed by atoms with Gasteiger partial charge in [0.15, 0.2) is 0 Å². The second kappa shape index (κ2) is 5.76. The standard InChI is InChI=1S/C10H12F3NO4S/c1-18-9-3-2-8(4-7(9)5-15)19(16,17)14-6-10(11,12)13/h2-4,14-15H,5-6H2,1H3. The Hall–Kier alpha value is -1.32. The van der Waals surface area contributed by atoms with Gasteiger partial charge in [-0.25, -0.2) is 13.1 Å². The molecule has 1 aromatic carbocycles. The molecule has 0 radical (unpaired) electrons. The summed E-state index contributed by atoms with van der Waals surface area (Å²) in [5.74, 6) is 0.247. The first-order chi connectivity index (χ1) is 8.69. The van der Waals surface area contributed by atoms with Crippen molar-refractivity contribution in [1.29, 1.82) is 0 Å². The molecule has 1 rings (SSSR count). The molecular formula is C10H12F3NO4S. The third-order valence-corrected chi connectivity index (χ3v) is 3.59. The van der Waals surface area contributed by atoms with Crippen molar-refractivity contribution >= 4 is 10.0 Å². The molecule has 5 nitrogen and oxygen atoms in total. The zero-order valence-electron chi connectivity index (χ0n) is 9.86. The number of ether oxygens (including phenoxy) is 1. The second-order valence-corrected chi connectivity index (χ2v) is 5.34. The zero-order valence-corrected chi connectivity index (χ0v) is 10.7. The van der Waals surface area contributed by atoms with Crippen LogP contribution < -0.4 is 9.46 Å². The molecule has 0 aliphatic carbocycles. The van der Waals surface area contributed by atoms with Gasteiger partial charge in [-0.2, -0.15) is 13.2 Å². The average molecular weight is 299 g/mol. The van der Waals surface area contributed by atoms with E-state index in [1.807, 2.05) is 0 Å². The number of halogens is 3. The molecule has 0 aromatic heterocycles. The fraction of sp³-hybridized carbons (Fsp3) is 0.400. The number of methoxy groups -OCH3 is 1. The highest BCUT2D eigenvalue weighted by Crippen LogP contribution is 2.23. The maximum absolute atomic E-state index is 12.0. The molecule has 0 saturated carbocycles. The van der Waals surface area contributed by atoms with Gasteiger partial charge in [0, 0.05) is 5.56 Å². The Balaban J connectivity index is 3.02. The van der Waals surface area contributed by atoms with Crippen LogP contribution >= 0.6 is 0 Å². The first kappa shape index (κ1) is 15.7. The largest absolute Gasteiger partial charge is 0.496 e. The highest BCUT2D eigenvalue weighted by Gasteiger charge is 2.30. The normalized spacial score (nSPS) is 12.5. The molecule has 0 aliphatic heterocycles. The van der Waals surface area contributed by atoms with E-state index in [9.17, 15) is 21.6 Å². The molecule has 0 atom stereocenters. The van der Waals surface area contributed by atoms with E-state index in [4.69, 9.17) is 9.84 Å². The number of rotatable bonds is 5. The Morgan fingerprint density at radius 3 is 2.47 bits per heavy atom. The topological polar surface area (TPSA) is 75.6 Å². The summed E-state index contributed by atoms with van der Waals surface area (Å²) >= 11 is 0. The van der Waals surface area contributed by atoms with Crippen LogP contribution in [0, 0.1) is 0 Å². The number of benzene rings is 1. The van der Waals surface area contributed by atoms with Crippen molar-refractivity contribution in [3.8, 4) is 5.75 Å². The van der Waals surface area contributed by atoms with Gasteiger partial charge in [0.1, 0.15) is 12.3 Å². The second-order valence-electron chi connectivity index (χ2n) is 3.57. The molecule has 0 bridgehead atoms. The first-order valence-electron chi connectivity index (χ1n) is 5.04. The molecule has 2 N–H and O–H groups in total. The van der Waals surface area contributed by atoms with Crippen LogP contribution in [-0.2, 0) is 16.6 Å². The lowest BCUT2D eigenvalue weighted by Gasteiger charge is -2.11. The van der Waals surface area contributed by atoms with Crippen LogP contribution in [0.4, 0.5) is 13.2 Å². The maximum Gasteiger partial charge on any atom is 0.402 e. The molecule has 0 spiro atoms.